The van der Waals surface area contributed by atoms with Crippen LogP contribution in [0.3, 0.4) is 0 Å². The summed E-state index contributed by atoms with van der Waals surface area (Å²) in [4.78, 5) is 31.6. The number of amides is 2. The number of ether oxygens (including phenoxy) is 1. The Morgan fingerprint density at radius 3 is 2.63 bits per heavy atom. The van der Waals surface area contributed by atoms with Gasteiger partial charge < -0.3 is 20.1 Å². The summed E-state index contributed by atoms with van der Waals surface area (Å²) in [5.41, 5.74) is 2.41. The third-order valence-electron chi connectivity index (χ3n) is 5.48. The van der Waals surface area contributed by atoms with E-state index in [1.807, 2.05) is 36.4 Å². The Morgan fingerprint density at radius 1 is 1.17 bits per heavy atom. The molecule has 0 radical (unpaired) electrons. The monoisotopic (exact) mass is 469 g/mol. The van der Waals surface area contributed by atoms with E-state index < -0.39 is 17.6 Å². The molecule has 0 saturated carbocycles. The van der Waals surface area contributed by atoms with E-state index in [-0.39, 0.29) is 18.2 Å². The largest absolute Gasteiger partial charge is 0.489 e. The van der Waals surface area contributed by atoms with Gasteiger partial charge in [-0.1, -0.05) is 48.2 Å². The Hall–Kier alpha value is -4.15. The molecule has 3 aromatic rings. The maximum atomic E-state index is 13.1. The summed E-state index contributed by atoms with van der Waals surface area (Å²) in [5.74, 6) is 5.40. The first-order chi connectivity index (χ1) is 16.7. The third-order valence-corrected chi connectivity index (χ3v) is 5.48. The standard InChI is InChI=1S/C28H27N3O4/c1-28(2,34)14-13-20-10-12-25-24(16-20)31(3)27(33)23(18-35-25)30-26(32)22-11-9-21(17-29-22)15-19-7-5-4-6-8-19/h4-12,16-17,23,34H,15,18H2,1-3H3,(H,30,32). The van der Waals surface area contributed by atoms with Gasteiger partial charge >= 0.3 is 0 Å². The quantitative estimate of drug-likeness (QED) is 0.574. The van der Waals surface area contributed by atoms with Gasteiger partial charge in [0.2, 0.25) is 0 Å². The van der Waals surface area contributed by atoms with Crippen molar-refractivity contribution in [3.8, 4) is 17.6 Å². The van der Waals surface area contributed by atoms with Crippen molar-refractivity contribution < 1.29 is 19.4 Å². The number of anilines is 1. The van der Waals surface area contributed by atoms with Crippen LogP contribution < -0.4 is 15.0 Å². The molecule has 35 heavy (non-hydrogen) atoms. The molecule has 1 unspecified atom stereocenters. The summed E-state index contributed by atoms with van der Waals surface area (Å²) in [5, 5.41) is 12.6. The molecule has 2 N–H and O–H groups in total. The van der Waals surface area contributed by atoms with Gasteiger partial charge in [0, 0.05) is 18.8 Å². The maximum Gasteiger partial charge on any atom is 0.270 e. The summed E-state index contributed by atoms with van der Waals surface area (Å²) in [6, 6.07) is 17.9. The molecule has 1 aromatic heterocycles. The van der Waals surface area contributed by atoms with Crippen molar-refractivity contribution in [1.29, 1.82) is 0 Å². The molecule has 1 aliphatic rings. The minimum atomic E-state index is -1.13. The molecule has 0 saturated heterocycles. The Bertz CT molecular complexity index is 1290. The van der Waals surface area contributed by atoms with E-state index in [2.05, 4.69) is 22.1 Å². The van der Waals surface area contributed by atoms with Gasteiger partial charge in [-0.2, -0.15) is 0 Å². The normalized spacial score (nSPS) is 15.3. The lowest BCUT2D eigenvalue weighted by atomic mass is 10.1. The highest BCUT2D eigenvalue weighted by Crippen LogP contribution is 2.31. The number of rotatable bonds is 4. The van der Waals surface area contributed by atoms with Crippen LogP contribution in [0.2, 0.25) is 0 Å². The first kappa shape index (κ1) is 24.0. The SMILES string of the molecule is CN1C(=O)C(NC(=O)c2ccc(Cc3ccccc3)cn2)COc2ccc(C#CC(C)(C)O)cc21. The number of hydrogen-bond acceptors (Lipinski definition) is 5. The lowest BCUT2D eigenvalue weighted by Gasteiger charge is -2.20. The Kier molecular flexibility index (Phi) is 6.85. The van der Waals surface area contributed by atoms with E-state index in [1.54, 1.807) is 51.4 Å². The highest BCUT2D eigenvalue weighted by molar-refractivity contribution is 6.02. The fourth-order valence-corrected chi connectivity index (χ4v) is 3.63. The second-order valence-corrected chi connectivity index (χ2v) is 8.94. The zero-order chi connectivity index (χ0) is 25.0. The Balaban J connectivity index is 1.44. The van der Waals surface area contributed by atoms with Gasteiger partial charge in [-0.05, 0) is 55.7 Å². The van der Waals surface area contributed by atoms with E-state index in [0.717, 1.165) is 17.5 Å². The predicted octanol–water partition coefficient (Wildman–Crippen LogP) is 2.95. The minimum Gasteiger partial charge on any atom is -0.489 e. The Morgan fingerprint density at radius 2 is 1.94 bits per heavy atom. The van der Waals surface area contributed by atoms with Crippen molar-refractivity contribution in [2.45, 2.75) is 31.9 Å². The highest BCUT2D eigenvalue weighted by atomic mass is 16.5. The number of aromatic nitrogens is 1. The van der Waals surface area contributed by atoms with Crippen molar-refractivity contribution in [1.82, 2.24) is 10.3 Å². The molecule has 0 spiro atoms. The van der Waals surface area contributed by atoms with Gasteiger partial charge in [0.05, 0.1) is 5.69 Å². The average Bonchev–Trinajstić information content (AvgIpc) is 2.95. The van der Waals surface area contributed by atoms with Crippen molar-refractivity contribution >= 4 is 17.5 Å². The van der Waals surface area contributed by atoms with Crippen molar-refractivity contribution in [3.63, 3.8) is 0 Å². The van der Waals surface area contributed by atoms with Crippen molar-refractivity contribution in [2.75, 3.05) is 18.6 Å². The van der Waals surface area contributed by atoms with Crippen LogP contribution in [0.4, 0.5) is 5.69 Å². The summed E-state index contributed by atoms with van der Waals surface area (Å²) in [6.07, 6.45) is 2.39. The first-order valence-electron chi connectivity index (χ1n) is 11.3. The summed E-state index contributed by atoms with van der Waals surface area (Å²) in [7, 11) is 1.62. The van der Waals surface area contributed by atoms with Crippen molar-refractivity contribution in [3.05, 3.63) is 89.2 Å². The lowest BCUT2D eigenvalue weighted by molar-refractivity contribution is -0.120. The number of benzene rings is 2. The number of carbonyl (C=O) groups is 2. The highest BCUT2D eigenvalue weighted by Gasteiger charge is 2.31. The predicted molar refractivity (Wildman–Crippen MR) is 133 cm³/mol. The molecule has 2 amide bonds. The number of aliphatic hydroxyl groups is 1. The molecule has 7 nitrogen and oxygen atoms in total. The summed E-state index contributed by atoms with van der Waals surface area (Å²) < 4.78 is 5.83. The molecular formula is C28H27N3O4. The number of nitrogens with one attached hydrogen (secondary N) is 1. The fraction of sp³-hybridized carbons (Fsp3) is 0.250. The van der Waals surface area contributed by atoms with Gasteiger partial charge in [0.15, 0.2) is 0 Å². The molecule has 2 aromatic carbocycles. The van der Waals surface area contributed by atoms with Gasteiger partial charge in [0.25, 0.3) is 11.8 Å². The molecule has 0 bridgehead atoms. The summed E-state index contributed by atoms with van der Waals surface area (Å²) in [6.45, 7) is 3.19. The molecule has 1 atom stereocenters. The van der Waals surface area contributed by atoms with Crippen LogP contribution in [-0.2, 0) is 11.2 Å². The van der Waals surface area contributed by atoms with Gasteiger partial charge in [-0.25, -0.2) is 0 Å². The first-order valence-corrected chi connectivity index (χ1v) is 11.3. The molecule has 1 aliphatic heterocycles. The Labute approximate surface area is 204 Å². The second-order valence-electron chi connectivity index (χ2n) is 8.94. The molecule has 0 fully saturated rings. The smallest absolute Gasteiger partial charge is 0.270 e. The van der Waals surface area contributed by atoms with Gasteiger partial charge in [-0.3, -0.25) is 14.6 Å². The molecule has 2 heterocycles. The van der Waals surface area contributed by atoms with Crippen LogP contribution in [0, 0.1) is 11.8 Å². The maximum absolute atomic E-state index is 13.1. The molecule has 178 valence electrons. The third kappa shape index (κ3) is 6.05. The molecule has 4 rings (SSSR count). The van der Waals surface area contributed by atoms with Crippen LogP contribution in [-0.4, -0.2) is 47.2 Å². The van der Waals surface area contributed by atoms with E-state index in [4.69, 9.17) is 4.74 Å². The van der Waals surface area contributed by atoms with Crippen LogP contribution in [0.25, 0.3) is 0 Å². The zero-order valence-corrected chi connectivity index (χ0v) is 19.9. The topological polar surface area (TPSA) is 91.8 Å². The summed E-state index contributed by atoms with van der Waals surface area (Å²) >= 11 is 0. The van der Waals surface area contributed by atoms with E-state index in [9.17, 15) is 14.7 Å². The number of fused-ring (bicyclic) bond motifs is 1. The van der Waals surface area contributed by atoms with Crippen LogP contribution in [0.1, 0.15) is 41.0 Å². The molecule has 7 heteroatoms. The number of likely N-dealkylation sites (N-methyl/N-ethyl adjacent to an activating group) is 1. The number of pyridine rings is 1. The van der Waals surface area contributed by atoms with Gasteiger partial charge in [0.1, 0.15) is 29.7 Å². The zero-order valence-electron chi connectivity index (χ0n) is 19.9. The number of nitrogens with zero attached hydrogens (tertiary/aromatic N) is 2. The lowest BCUT2D eigenvalue weighted by Crippen LogP contribution is -2.49. The van der Waals surface area contributed by atoms with Crippen LogP contribution in [0.15, 0.2) is 66.9 Å². The van der Waals surface area contributed by atoms with E-state index in [0.29, 0.717) is 17.0 Å². The van der Waals surface area contributed by atoms with E-state index in [1.165, 1.54) is 4.90 Å². The molecular weight excluding hydrogens is 442 g/mol. The fourth-order valence-electron chi connectivity index (χ4n) is 3.63. The van der Waals surface area contributed by atoms with Crippen molar-refractivity contribution in [2.24, 2.45) is 0 Å². The van der Waals surface area contributed by atoms with Gasteiger partial charge in [-0.15, -0.1) is 0 Å². The number of hydrogen-bond donors (Lipinski definition) is 2. The second kappa shape index (κ2) is 10.00. The van der Waals surface area contributed by atoms with Crippen LogP contribution in [0.5, 0.6) is 5.75 Å². The van der Waals surface area contributed by atoms with E-state index >= 15 is 0 Å². The minimum absolute atomic E-state index is 0.0112. The average molecular weight is 470 g/mol. The number of carbonyl (C=O) groups excluding carboxylic acids is 2. The van der Waals surface area contributed by atoms with Crippen LogP contribution >= 0.6 is 0 Å². The molecule has 0 aliphatic carbocycles.